The van der Waals surface area contributed by atoms with Gasteiger partial charge in [0.25, 0.3) is 5.91 Å². The minimum Gasteiger partial charge on any atom is -0.491 e. The fourth-order valence-corrected chi connectivity index (χ4v) is 6.01. The second-order valence-electron chi connectivity index (χ2n) is 8.86. The number of rotatable bonds is 5. The second kappa shape index (κ2) is 9.60. The monoisotopic (exact) mass is 480 g/mol. The Morgan fingerprint density at radius 2 is 1.91 bits per heavy atom. The molecule has 3 aromatic rings. The maximum atomic E-state index is 13.6. The second-order valence-corrected chi connectivity index (χ2v) is 10.6. The Hall–Kier alpha value is -3.17. The van der Waals surface area contributed by atoms with E-state index in [9.17, 15) is 13.2 Å². The molecule has 1 aliphatic heterocycles. The van der Waals surface area contributed by atoms with Crippen molar-refractivity contribution in [2.24, 2.45) is 0 Å². The Balaban J connectivity index is 1.49. The van der Waals surface area contributed by atoms with Crippen LogP contribution in [-0.4, -0.2) is 48.6 Å². The Morgan fingerprint density at radius 1 is 1.09 bits per heavy atom. The van der Waals surface area contributed by atoms with Crippen molar-refractivity contribution in [3.63, 3.8) is 0 Å². The third-order valence-corrected chi connectivity index (χ3v) is 7.94. The number of carbonyl (C=O) groups is 1. The molecule has 1 amide bonds. The number of benzene rings is 2. The Kier molecular flexibility index (Phi) is 6.38. The zero-order chi connectivity index (χ0) is 23.5. The first-order valence-corrected chi connectivity index (χ1v) is 13.1. The van der Waals surface area contributed by atoms with Crippen LogP contribution in [-0.2, 0) is 16.6 Å². The number of ether oxygens (including phenoxy) is 1. The lowest BCUT2D eigenvalue weighted by Crippen LogP contribution is -2.36. The third-order valence-electron chi connectivity index (χ3n) is 6.44. The van der Waals surface area contributed by atoms with Crippen LogP contribution in [0.1, 0.15) is 48.0 Å². The summed E-state index contributed by atoms with van der Waals surface area (Å²) < 4.78 is 35.3. The van der Waals surface area contributed by atoms with Crippen molar-refractivity contribution in [1.29, 1.82) is 0 Å². The molecule has 1 aliphatic carbocycles. The highest BCUT2D eigenvalue weighted by atomic mass is 32.2. The van der Waals surface area contributed by atoms with Crippen LogP contribution >= 0.6 is 0 Å². The maximum Gasteiger partial charge on any atom is 0.254 e. The molecule has 2 aliphatic rings. The number of aromatic amines is 1. The molecule has 0 saturated heterocycles. The number of hydrogen-bond acceptors (Lipinski definition) is 5. The molecule has 1 aromatic heterocycles. The van der Waals surface area contributed by atoms with Crippen LogP contribution in [0.4, 0.5) is 0 Å². The molecule has 8 nitrogen and oxygen atoms in total. The molecule has 2 N–H and O–H groups in total. The van der Waals surface area contributed by atoms with Gasteiger partial charge in [0.05, 0.1) is 17.1 Å². The lowest BCUT2D eigenvalue weighted by Gasteiger charge is -2.23. The Labute approximate surface area is 199 Å². The average Bonchev–Trinajstić information content (AvgIpc) is 3.30. The number of nitrogens with zero attached hydrogens (tertiary/aromatic N) is 2. The first-order chi connectivity index (χ1) is 16.5. The number of hydrogen-bond donors (Lipinski definition) is 2. The molecule has 178 valence electrons. The number of sulfonamides is 1. The van der Waals surface area contributed by atoms with Crippen LogP contribution in [0.15, 0.2) is 59.6 Å². The van der Waals surface area contributed by atoms with Gasteiger partial charge < -0.3 is 9.64 Å². The van der Waals surface area contributed by atoms with Crippen molar-refractivity contribution in [2.45, 2.75) is 49.6 Å². The molecular weight excluding hydrogens is 452 g/mol. The van der Waals surface area contributed by atoms with Crippen LogP contribution in [0.5, 0.6) is 5.75 Å². The molecule has 1 saturated carbocycles. The van der Waals surface area contributed by atoms with E-state index in [4.69, 9.17) is 4.74 Å². The summed E-state index contributed by atoms with van der Waals surface area (Å²) in [5.74, 6) is 0.528. The summed E-state index contributed by atoms with van der Waals surface area (Å²) >= 11 is 0. The summed E-state index contributed by atoms with van der Waals surface area (Å²) in [5, 5.41) is 6.86. The fraction of sp³-hybridized carbons (Fsp3) is 0.360. The molecular formula is C25H28N4O4S. The maximum absolute atomic E-state index is 13.6. The molecule has 9 heteroatoms. The average molecular weight is 481 g/mol. The van der Waals surface area contributed by atoms with Crippen molar-refractivity contribution >= 4 is 15.9 Å². The van der Waals surface area contributed by atoms with Gasteiger partial charge in [-0.25, -0.2) is 13.1 Å². The molecule has 1 fully saturated rings. The van der Waals surface area contributed by atoms with Crippen molar-refractivity contribution in [2.75, 3.05) is 13.2 Å². The van der Waals surface area contributed by atoms with Crippen molar-refractivity contribution in [3.05, 3.63) is 65.9 Å². The molecule has 2 aromatic carbocycles. The molecule has 0 unspecified atom stereocenters. The molecule has 5 rings (SSSR count). The summed E-state index contributed by atoms with van der Waals surface area (Å²) in [4.78, 5) is 15.4. The van der Waals surface area contributed by atoms with Gasteiger partial charge in [-0.3, -0.25) is 9.89 Å². The number of amides is 1. The summed E-state index contributed by atoms with van der Waals surface area (Å²) in [7, 11) is -3.80. The fourth-order valence-electron chi connectivity index (χ4n) is 4.64. The number of para-hydroxylation sites is 1. The molecule has 0 bridgehead atoms. The van der Waals surface area contributed by atoms with Gasteiger partial charge >= 0.3 is 0 Å². The Morgan fingerprint density at radius 3 is 2.71 bits per heavy atom. The van der Waals surface area contributed by atoms with E-state index in [0.29, 0.717) is 36.5 Å². The molecule has 34 heavy (non-hydrogen) atoms. The Bertz CT molecular complexity index is 1270. The van der Waals surface area contributed by atoms with Gasteiger partial charge in [0.15, 0.2) is 0 Å². The molecule has 0 atom stereocenters. The van der Waals surface area contributed by atoms with Crippen LogP contribution in [0.25, 0.3) is 11.3 Å². The zero-order valence-corrected chi connectivity index (χ0v) is 19.7. The van der Waals surface area contributed by atoms with Crippen LogP contribution in [0.2, 0.25) is 0 Å². The van der Waals surface area contributed by atoms with Crippen LogP contribution in [0.3, 0.4) is 0 Å². The summed E-state index contributed by atoms with van der Waals surface area (Å²) in [6.07, 6.45) is 6.43. The third kappa shape index (κ3) is 4.85. The van der Waals surface area contributed by atoms with Crippen LogP contribution in [0, 0.1) is 0 Å². The van der Waals surface area contributed by atoms with E-state index in [0.717, 1.165) is 43.4 Å². The van der Waals surface area contributed by atoms with E-state index in [1.54, 1.807) is 29.3 Å². The summed E-state index contributed by atoms with van der Waals surface area (Å²) in [6.45, 7) is 1.17. The van der Waals surface area contributed by atoms with Gasteiger partial charge in [-0.2, -0.15) is 5.10 Å². The number of fused-ring (bicyclic) bond motifs is 1. The zero-order valence-electron chi connectivity index (χ0n) is 18.9. The summed E-state index contributed by atoms with van der Waals surface area (Å²) in [5.41, 5.74) is 2.48. The van der Waals surface area contributed by atoms with E-state index in [2.05, 4.69) is 14.9 Å². The smallest absolute Gasteiger partial charge is 0.254 e. The minimum absolute atomic E-state index is 0.0760. The number of carbonyl (C=O) groups excluding carboxylic acids is 1. The van der Waals surface area contributed by atoms with Crippen molar-refractivity contribution in [1.82, 2.24) is 19.8 Å². The van der Waals surface area contributed by atoms with Gasteiger partial charge in [-0.1, -0.05) is 37.5 Å². The quantitative estimate of drug-likeness (QED) is 0.579. The van der Waals surface area contributed by atoms with Crippen LogP contribution < -0.4 is 9.46 Å². The summed E-state index contributed by atoms with van der Waals surface area (Å²) in [6, 6.07) is 14.1. The molecule has 0 radical (unpaired) electrons. The number of nitrogens with one attached hydrogen (secondary N) is 2. The van der Waals surface area contributed by atoms with Gasteiger partial charge in [0, 0.05) is 35.5 Å². The SMILES string of the molecule is O=C(c1cc(-c2ccn[nH]2)cc(S(=O)(=O)NC2CCCCC2)c1)N1CCOc2ccccc2C1. The van der Waals surface area contributed by atoms with Gasteiger partial charge in [0.2, 0.25) is 10.0 Å². The highest BCUT2D eigenvalue weighted by Gasteiger charge is 2.26. The molecule has 2 heterocycles. The largest absolute Gasteiger partial charge is 0.491 e. The minimum atomic E-state index is -3.80. The lowest BCUT2D eigenvalue weighted by atomic mass is 9.96. The van der Waals surface area contributed by atoms with Crippen molar-refractivity contribution < 1.29 is 17.9 Å². The standard InChI is InChI=1S/C25H28N4O4S/c30-25(29-12-13-33-24-9-5-4-6-18(24)17-29)20-14-19(23-10-11-26-27-23)15-22(16-20)34(31,32)28-21-7-2-1-3-8-21/h4-6,9-11,14-16,21,28H,1-3,7-8,12-13,17H2,(H,26,27). The predicted octanol–water partition coefficient (Wildman–Crippen LogP) is 3.72. The van der Waals surface area contributed by atoms with Gasteiger partial charge in [-0.15, -0.1) is 0 Å². The first-order valence-electron chi connectivity index (χ1n) is 11.7. The first kappa shape index (κ1) is 22.6. The molecule has 0 spiro atoms. The highest BCUT2D eigenvalue weighted by molar-refractivity contribution is 7.89. The van der Waals surface area contributed by atoms with E-state index in [1.807, 2.05) is 24.3 Å². The highest BCUT2D eigenvalue weighted by Crippen LogP contribution is 2.28. The van der Waals surface area contributed by atoms with E-state index in [-0.39, 0.29) is 16.8 Å². The number of H-pyrrole nitrogens is 1. The lowest BCUT2D eigenvalue weighted by molar-refractivity contribution is 0.0733. The predicted molar refractivity (Wildman–Crippen MR) is 128 cm³/mol. The normalized spacial score (nSPS) is 17.0. The number of aromatic nitrogens is 2. The van der Waals surface area contributed by atoms with Gasteiger partial charge in [0.1, 0.15) is 12.4 Å². The van der Waals surface area contributed by atoms with E-state index in [1.165, 1.54) is 6.07 Å². The van der Waals surface area contributed by atoms with Crippen molar-refractivity contribution in [3.8, 4) is 17.0 Å². The van der Waals surface area contributed by atoms with E-state index < -0.39 is 10.0 Å². The topological polar surface area (TPSA) is 104 Å². The van der Waals surface area contributed by atoms with Gasteiger partial charge in [-0.05, 0) is 43.2 Å². The van der Waals surface area contributed by atoms with E-state index >= 15 is 0 Å².